The summed E-state index contributed by atoms with van der Waals surface area (Å²) in [5.41, 5.74) is 0.719. The molecule has 2 heterocycles. The lowest BCUT2D eigenvalue weighted by Gasteiger charge is -2.42. The van der Waals surface area contributed by atoms with Gasteiger partial charge >= 0.3 is 5.97 Å². The van der Waals surface area contributed by atoms with E-state index in [0.29, 0.717) is 6.42 Å². The molecule has 2 rings (SSSR count). The zero-order valence-corrected chi connectivity index (χ0v) is 24.6. The Labute approximate surface area is 237 Å². The number of aliphatic hydroxyl groups is 4. The van der Waals surface area contributed by atoms with Crippen LogP contribution in [-0.2, 0) is 33.3 Å². The topological polar surface area (TPSA) is 161 Å². The van der Waals surface area contributed by atoms with Crippen molar-refractivity contribution in [1.82, 2.24) is 0 Å². The van der Waals surface area contributed by atoms with Gasteiger partial charge in [0.15, 0.2) is 12.1 Å². The van der Waals surface area contributed by atoms with Crippen LogP contribution >= 0.6 is 0 Å². The molecule has 0 aromatic rings. The van der Waals surface area contributed by atoms with Gasteiger partial charge in [-0.25, -0.2) is 0 Å². The molecule has 12 unspecified atom stereocenters. The quantitative estimate of drug-likeness (QED) is 0.340. The van der Waals surface area contributed by atoms with Crippen molar-refractivity contribution >= 4 is 11.8 Å². The van der Waals surface area contributed by atoms with Crippen molar-refractivity contribution in [3.8, 4) is 0 Å². The predicted octanol–water partition coefficient (Wildman–Crippen LogP) is 1.30. The minimum Gasteiger partial charge on any atom is -0.462 e. The molecule has 2 aliphatic rings. The fraction of sp³-hybridized carbons (Fsp3) is 0.793. The predicted molar refractivity (Wildman–Crippen MR) is 145 cm³/mol. The third kappa shape index (κ3) is 9.15. The number of ether oxygens (including phenoxy) is 5. The summed E-state index contributed by atoms with van der Waals surface area (Å²) in [5, 5.41) is 42.0. The first kappa shape index (κ1) is 34.5. The van der Waals surface area contributed by atoms with E-state index in [0.717, 1.165) is 5.57 Å². The van der Waals surface area contributed by atoms with Crippen LogP contribution in [0.15, 0.2) is 23.8 Å². The van der Waals surface area contributed by atoms with Crippen molar-refractivity contribution in [2.24, 2.45) is 17.8 Å². The molecule has 0 bridgehead atoms. The Morgan fingerprint density at radius 3 is 2.20 bits per heavy atom. The van der Waals surface area contributed by atoms with Crippen molar-refractivity contribution in [3.05, 3.63) is 23.8 Å². The van der Waals surface area contributed by atoms with Gasteiger partial charge in [-0.05, 0) is 32.8 Å². The van der Waals surface area contributed by atoms with E-state index in [1.807, 2.05) is 13.0 Å². The van der Waals surface area contributed by atoms with E-state index in [1.165, 1.54) is 27.2 Å². The molecule has 0 aromatic carbocycles. The Morgan fingerprint density at radius 1 is 0.950 bits per heavy atom. The number of allylic oxidation sites excluding steroid dienone is 3. The summed E-state index contributed by atoms with van der Waals surface area (Å²) in [4.78, 5) is 25.5. The van der Waals surface area contributed by atoms with Gasteiger partial charge in [-0.2, -0.15) is 0 Å². The average molecular weight is 573 g/mol. The minimum absolute atomic E-state index is 0.000620. The Morgan fingerprint density at radius 2 is 1.60 bits per heavy atom. The smallest absolute Gasteiger partial charge is 0.308 e. The van der Waals surface area contributed by atoms with Crippen molar-refractivity contribution in [1.29, 1.82) is 0 Å². The average Bonchev–Trinajstić information content (AvgIpc) is 2.92. The van der Waals surface area contributed by atoms with Gasteiger partial charge in [0, 0.05) is 32.0 Å². The third-order valence-corrected chi connectivity index (χ3v) is 7.90. The van der Waals surface area contributed by atoms with Crippen LogP contribution in [0.1, 0.15) is 53.9 Å². The van der Waals surface area contributed by atoms with Crippen LogP contribution in [-0.4, -0.2) is 108 Å². The normalized spacial score (nSPS) is 40.9. The highest BCUT2D eigenvalue weighted by Crippen LogP contribution is 2.28. The van der Waals surface area contributed by atoms with Crippen LogP contribution in [0.3, 0.4) is 0 Å². The minimum atomic E-state index is -1.33. The monoisotopic (exact) mass is 572 g/mol. The fourth-order valence-corrected chi connectivity index (χ4v) is 5.12. The molecule has 11 heteroatoms. The first-order valence-corrected chi connectivity index (χ1v) is 14.0. The number of esters is 1. The van der Waals surface area contributed by atoms with Gasteiger partial charge in [-0.3, -0.25) is 9.59 Å². The van der Waals surface area contributed by atoms with Gasteiger partial charge in [0.2, 0.25) is 0 Å². The summed E-state index contributed by atoms with van der Waals surface area (Å²) in [7, 11) is 2.94. The van der Waals surface area contributed by atoms with Crippen LogP contribution < -0.4 is 0 Å². The highest BCUT2D eigenvalue weighted by molar-refractivity contribution is 5.91. The summed E-state index contributed by atoms with van der Waals surface area (Å²) in [6, 6.07) is 0. The molecule has 230 valence electrons. The lowest BCUT2D eigenvalue weighted by Crippen LogP contribution is -2.59. The van der Waals surface area contributed by atoms with Gasteiger partial charge in [-0.1, -0.05) is 38.5 Å². The molecule has 0 aromatic heterocycles. The highest BCUT2D eigenvalue weighted by atomic mass is 16.7. The molecule has 2 aliphatic heterocycles. The first-order valence-electron chi connectivity index (χ1n) is 14.0. The number of hydrogen-bond donors (Lipinski definition) is 4. The molecule has 0 aliphatic carbocycles. The lowest BCUT2D eigenvalue weighted by molar-refractivity contribution is -0.304. The van der Waals surface area contributed by atoms with Gasteiger partial charge in [0.1, 0.15) is 24.4 Å². The highest BCUT2D eigenvalue weighted by Gasteiger charge is 2.45. The third-order valence-electron chi connectivity index (χ3n) is 7.90. The molecular weight excluding hydrogens is 524 g/mol. The lowest BCUT2D eigenvalue weighted by atomic mass is 9.87. The van der Waals surface area contributed by atoms with Crippen LogP contribution in [0.2, 0.25) is 0 Å². The summed E-state index contributed by atoms with van der Waals surface area (Å²) in [5.74, 6) is -2.75. The maximum absolute atomic E-state index is 12.8. The van der Waals surface area contributed by atoms with E-state index in [4.69, 9.17) is 23.7 Å². The number of rotatable bonds is 6. The van der Waals surface area contributed by atoms with Crippen molar-refractivity contribution in [3.63, 3.8) is 0 Å². The van der Waals surface area contributed by atoms with Crippen molar-refractivity contribution < 1.29 is 53.7 Å². The Hall–Kier alpha value is -1.70. The molecule has 11 nitrogen and oxygen atoms in total. The molecule has 0 radical (unpaired) electrons. The first-order chi connectivity index (χ1) is 18.8. The maximum atomic E-state index is 12.8. The number of carbonyl (C=O) groups is 2. The van der Waals surface area contributed by atoms with E-state index in [1.54, 1.807) is 26.8 Å². The largest absolute Gasteiger partial charge is 0.462 e. The molecular formula is C29H48O11. The second-order valence-corrected chi connectivity index (χ2v) is 11.0. The summed E-state index contributed by atoms with van der Waals surface area (Å²) in [6.07, 6.45) is -3.31. The van der Waals surface area contributed by atoms with E-state index >= 15 is 0 Å². The summed E-state index contributed by atoms with van der Waals surface area (Å²) >= 11 is 0. The molecule has 0 saturated carbocycles. The number of aliphatic hydroxyl groups excluding tert-OH is 4. The maximum Gasteiger partial charge on any atom is 0.308 e. The molecule has 12 atom stereocenters. The Kier molecular flexibility index (Phi) is 13.9. The summed E-state index contributed by atoms with van der Waals surface area (Å²) in [6.45, 7) is 8.60. The Bertz CT molecular complexity index is 874. The fourth-order valence-electron chi connectivity index (χ4n) is 5.12. The number of methoxy groups -OCH3 is 2. The van der Waals surface area contributed by atoms with Crippen molar-refractivity contribution in [2.75, 3.05) is 20.8 Å². The number of ketones is 1. The zero-order valence-electron chi connectivity index (χ0n) is 24.6. The zero-order chi connectivity index (χ0) is 30.1. The molecule has 0 amide bonds. The van der Waals surface area contributed by atoms with E-state index in [-0.39, 0.29) is 25.2 Å². The van der Waals surface area contributed by atoms with Crippen LogP contribution in [0.5, 0.6) is 0 Å². The van der Waals surface area contributed by atoms with Gasteiger partial charge < -0.3 is 44.1 Å². The Balaban J connectivity index is 2.35. The SMILES string of the molecule is CCC1OC(=O)CC(O)C(C)C(O)C(O)CC(C)C(=O)C=CC(C)=CC1COC1OC(C)C(O)C(OC)C1OC. The van der Waals surface area contributed by atoms with Gasteiger partial charge in [-0.15, -0.1) is 0 Å². The van der Waals surface area contributed by atoms with E-state index in [9.17, 15) is 30.0 Å². The van der Waals surface area contributed by atoms with Crippen LogP contribution in [0.25, 0.3) is 0 Å². The number of cyclic esters (lactones) is 1. The second-order valence-electron chi connectivity index (χ2n) is 11.0. The second kappa shape index (κ2) is 16.1. The van der Waals surface area contributed by atoms with Crippen LogP contribution in [0.4, 0.5) is 0 Å². The molecule has 40 heavy (non-hydrogen) atoms. The number of carbonyl (C=O) groups excluding carboxylic acids is 2. The van der Waals surface area contributed by atoms with Gasteiger partial charge in [0.05, 0.1) is 37.4 Å². The van der Waals surface area contributed by atoms with Gasteiger partial charge in [0.25, 0.3) is 0 Å². The summed E-state index contributed by atoms with van der Waals surface area (Å²) < 4.78 is 28.7. The molecule has 0 spiro atoms. The molecule has 1 fully saturated rings. The van der Waals surface area contributed by atoms with Crippen molar-refractivity contribution in [2.45, 2.75) is 109 Å². The molecule has 1 saturated heterocycles. The van der Waals surface area contributed by atoms with E-state index in [2.05, 4.69) is 0 Å². The van der Waals surface area contributed by atoms with E-state index < -0.39 is 78.8 Å². The van der Waals surface area contributed by atoms with Crippen LogP contribution in [0, 0.1) is 17.8 Å². The molecule has 4 N–H and O–H groups in total. The standard InChI is InChI=1S/C29H48O11/c1-8-23-19(14-38-29-28(37-7)27(36-6)26(35)18(5)39-29)11-15(2)9-10-20(30)16(3)12-22(32)25(34)17(4)21(31)13-24(33)40-23/h9-11,16-19,21-23,25-29,31-32,34-35H,8,12-14H2,1-7H3. The number of hydrogen-bond acceptors (Lipinski definition) is 11.